The van der Waals surface area contributed by atoms with Gasteiger partial charge in [-0.3, -0.25) is 4.79 Å². The number of nitrogens with zero attached hydrogens (tertiary/aromatic N) is 1. The molecule has 3 heteroatoms. The molecule has 1 heterocycles. The van der Waals surface area contributed by atoms with Gasteiger partial charge in [-0.25, -0.2) is 0 Å². The summed E-state index contributed by atoms with van der Waals surface area (Å²) in [5.41, 5.74) is 0. The SMILES string of the molecule is O=C(O)CCN1CCC(C2CCCCC2)CC1. The first-order chi connectivity index (χ1) is 8.25. The Labute approximate surface area is 104 Å². The van der Waals surface area contributed by atoms with E-state index in [0.717, 1.165) is 31.5 Å². The molecule has 1 aliphatic carbocycles. The summed E-state index contributed by atoms with van der Waals surface area (Å²) < 4.78 is 0. The fraction of sp³-hybridized carbons (Fsp3) is 0.929. The number of hydrogen-bond acceptors (Lipinski definition) is 2. The van der Waals surface area contributed by atoms with E-state index in [1.54, 1.807) is 0 Å². The van der Waals surface area contributed by atoms with Gasteiger partial charge in [-0.05, 0) is 37.8 Å². The molecule has 0 radical (unpaired) electrons. The molecule has 2 rings (SSSR count). The molecule has 17 heavy (non-hydrogen) atoms. The molecule has 0 spiro atoms. The van der Waals surface area contributed by atoms with E-state index in [9.17, 15) is 4.79 Å². The van der Waals surface area contributed by atoms with Crippen LogP contribution < -0.4 is 0 Å². The van der Waals surface area contributed by atoms with Crippen LogP contribution in [0.3, 0.4) is 0 Å². The lowest BCUT2D eigenvalue weighted by Gasteiger charge is -2.37. The summed E-state index contributed by atoms with van der Waals surface area (Å²) >= 11 is 0. The Kier molecular flexibility index (Phi) is 4.84. The summed E-state index contributed by atoms with van der Waals surface area (Å²) in [5.74, 6) is 1.24. The van der Waals surface area contributed by atoms with Gasteiger partial charge in [0.1, 0.15) is 0 Å². The fourth-order valence-corrected chi connectivity index (χ4v) is 3.51. The van der Waals surface area contributed by atoms with Gasteiger partial charge in [0.25, 0.3) is 0 Å². The third-order valence-corrected chi connectivity index (χ3v) is 4.59. The predicted octanol–water partition coefficient (Wildman–Crippen LogP) is 2.75. The maximum absolute atomic E-state index is 10.5. The van der Waals surface area contributed by atoms with Crippen molar-refractivity contribution in [3.8, 4) is 0 Å². The standard InChI is InChI=1S/C14H25NO2/c16-14(17)8-11-15-9-6-13(7-10-15)12-4-2-1-3-5-12/h12-13H,1-11H2,(H,16,17). The normalized spacial score (nSPS) is 24.9. The van der Waals surface area contributed by atoms with Gasteiger partial charge in [0.15, 0.2) is 0 Å². The van der Waals surface area contributed by atoms with Crippen molar-refractivity contribution in [2.45, 2.75) is 51.4 Å². The zero-order valence-corrected chi connectivity index (χ0v) is 10.7. The van der Waals surface area contributed by atoms with Gasteiger partial charge in [0.05, 0.1) is 6.42 Å². The van der Waals surface area contributed by atoms with E-state index in [-0.39, 0.29) is 0 Å². The minimum Gasteiger partial charge on any atom is -0.481 e. The highest BCUT2D eigenvalue weighted by atomic mass is 16.4. The monoisotopic (exact) mass is 239 g/mol. The van der Waals surface area contributed by atoms with Crippen LogP contribution in [-0.4, -0.2) is 35.6 Å². The molecule has 1 saturated carbocycles. The second-order valence-corrected chi connectivity index (χ2v) is 5.72. The molecule has 0 aromatic heterocycles. The van der Waals surface area contributed by atoms with Crippen LogP contribution in [-0.2, 0) is 4.79 Å². The zero-order chi connectivity index (χ0) is 12.1. The van der Waals surface area contributed by atoms with E-state index in [0.29, 0.717) is 6.42 Å². The van der Waals surface area contributed by atoms with Crippen LogP contribution in [0.15, 0.2) is 0 Å². The van der Waals surface area contributed by atoms with Crippen molar-refractivity contribution in [3.05, 3.63) is 0 Å². The highest BCUT2D eigenvalue weighted by Crippen LogP contribution is 2.35. The first-order valence-corrected chi connectivity index (χ1v) is 7.20. The Morgan fingerprint density at radius 1 is 1.00 bits per heavy atom. The van der Waals surface area contributed by atoms with E-state index in [1.165, 1.54) is 44.9 Å². The molecule has 0 aromatic carbocycles. The summed E-state index contributed by atoms with van der Waals surface area (Å²) in [7, 11) is 0. The maximum Gasteiger partial charge on any atom is 0.304 e. The molecule has 0 bridgehead atoms. The second kappa shape index (κ2) is 6.39. The van der Waals surface area contributed by atoms with E-state index < -0.39 is 5.97 Å². The summed E-state index contributed by atoms with van der Waals surface area (Å²) in [4.78, 5) is 12.9. The van der Waals surface area contributed by atoms with Gasteiger partial charge in [0, 0.05) is 6.54 Å². The third kappa shape index (κ3) is 3.98. The van der Waals surface area contributed by atoms with Gasteiger partial charge >= 0.3 is 5.97 Å². The second-order valence-electron chi connectivity index (χ2n) is 5.72. The quantitative estimate of drug-likeness (QED) is 0.820. The summed E-state index contributed by atoms with van der Waals surface area (Å²) in [6, 6.07) is 0. The zero-order valence-electron chi connectivity index (χ0n) is 10.7. The average Bonchev–Trinajstić information content (AvgIpc) is 2.38. The number of carboxylic acid groups (broad SMARTS) is 1. The van der Waals surface area contributed by atoms with E-state index in [4.69, 9.17) is 5.11 Å². The van der Waals surface area contributed by atoms with E-state index in [2.05, 4.69) is 4.90 Å². The van der Waals surface area contributed by atoms with Crippen molar-refractivity contribution < 1.29 is 9.90 Å². The molecule has 0 atom stereocenters. The number of piperidine rings is 1. The van der Waals surface area contributed by atoms with Crippen LogP contribution in [0, 0.1) is 11.8 Å². The van der Waals surface area contributed by atoms with E-state index in [1.807, 2.05) is 0 Å². The Morgan fingerprint density at radius 3 is 2.18 bits per heavy atom. The van der Waals surface area contributed by atoms with Gasteiger partial charge in [-0.2, -0.15) is 0 Å². The Morgan fingerprint density at radius 2 is 1.59 bits per heavy atom. The lowest BCUT2D eigenvalue weighted by Crippen LogP contribution is -2.37. The molecule has 1 aliphatic heterocycles. The Balaban J connectivity index is 1.68. The van der Waals surface area contributed by atoms with Crippen molar-refractivity contribution in [2.24, 2.45) is 11.8 Å². The summed E-state index contributed by atoms with van der Waals surface area (Å²) in [6.45, 7) is 2.98. The number of aliphatic carboxylic acids is 1. The van der Waals surface area contributed by atoms with Crippen molar-refractivity contribution in [1.82, 2.24) is 4.90 Å². The minimum atomic E-state index is -0.667. The van der Waals surface area contributed by atoms with E-state index >= 15 is 0 Å². The van der Waals surface area contributed by atoms with Gasteiger partial charge in [-0.15, -0.1) is 0 Å². The molecule has 0 unspecified atom stereocenters. The summed E-state index contributed by atoms with van der Waals surface area (Å²) in [6.07, 6.45) is 10.1. The van der Waals surface area contributed by atoms with Crippen LogP contribution in [0.1, 0.15) is 51.4 Å². The summed E-state index contributed by atoms with van der Waals surface area (Å²) in [5, 5.41) is 8.67. The van der Waals surface area contributed by atoms with Crippen LogP contribution >= 0.6 is 0 Å². The largest absolute Gasteiger partial charge is 0.481 e. The Hall–Kier alpha value is -0.570. The average molecular weight is 239 g/mol. The maximum atomic E-state index is 10.5. The highest BCUT2D eigenvalue weighted by molar-refractivity contribution is 5.66. The van der Waals surface area contributed by atoms with Gasteiger partial charge in [0.2, 0.25) is 0 Å². The molecular formula is C14H25NO2. The third-order valence-electron chi connectivity index (χ3n) is 4.59. The van der Waals surface area contributed by atoms with Crippen LogP contribution in [0.25, 0.3) is 0 Å². The van der Waals surface area contributed by atoms with Crippen LogP contribution in [0.5, 0.6) is 0 Å². The Bertz CT molecular complexity index is 241. The number of likely N-dealkylation sites (tertiary alicyclic amines) is 1. The first kappa shape index (κ1) is 12.9. The van der Waals surface area contributed by atoms with Crippen molar-refractivity contribution in [1.29, 1.82) is 0 Å². The molecular weight excluding hydrogens is 214 g/mol. The number of hydrogen-bond donors (Lipinski definition) is 1. The fourth-order valence-electron chi connectivity index (χ4n) is 3.51. The number of carboxylic acids is 1. The minimum absolute atomic E-state index is 0.300. The molecule has 3 nitrogen and oxygen atoms in total. The van der Waals surface area contributed by atoms with Crippen molar-refractivity contribution in [3.63, 3.8) is 0 Å². The number of carbonyl (C=O) groups is 1. The van der Waals surface area contributed by atoms with Crippen LogP contribution in [0.2, 0.25) is 0 Å². The molecule has 98 valence electrons. The van der Waals surface area contributed by atoms with Crippen molar-refractivity contribution >= 4 is 5.97 Å². The lowest BCUT2D eigenvalue weighted by atomic mass is 9.76. The number of rotatable bonds is 4. The van der Waals surface area contributed by atoms with Gasteiger partial charge in [-0.1, -0.05) is 32.1 Å². The first-order valence-electron chi connectivity index (χ1n) is 7.20. The van der Waals surface area contributed by atoms with Crippen molar-refractivity contribution in [2.75, 3.05) is 19.6 Å². The van der Waals surface area contributed by atoms with Crippen LogP contribution in [0.4, 0.5) is 0 Å². The lowest BCUT2D eigenvalue weighted by molar-refractivity contribution is -0.137. The molecule has 2 fully saturated rings. The molecule has 1 N–H and O–H groups in total. The highest BCUT2D eigenvalue weighted by Gasteiger charge is 2.27. The van der Waals surface area contributed by atoms with Gasteiger partial charge < -0.3 is 10.0 Å². The smallest absolute Gasteiger partial charge is 0.304 e. The topological polar surface area (TPSA) is 40.5 Å². The molecule has 2 aliphatic rings. The molecule has 0 amide bonds. The molecule has 0 aromatic rings. The molecule has 1 saturated heterocycles. The predicted molar refractivity (Wildman–Crippen MR) is 68.0 cm³/mol.